The van der Waals surface area contributed by atoms with Crippen LogP contribution in [-0.4, -0.2) is 63.0 Å². The molecule has 8 heteroatoms. The van der Waals surface area contributed by atoms with Crippen molar-refractivity contribution in [3.8, 4) is 0 Å². The van der Waals surface area contributed by atoms with E-state index in [-0.39, 0.29) is 11.6 Å². The quantitative estimate of drug-likeness (QED) is 0.855. The van der Waals surface area contributed by atoms with Crippen LogP contribution in [0.4, 0.5) is 0 Å². The lowest BCUT2D eigenvalue weighted by Crippen LogP contribution is -2.39. The number of amides is 2. The molecule has 1 saturated heterocycles. The number of nitrogens with one attached hydrogen (secondary N) is 1. The first-order valence-electron chi connectivity index (χ1n) is 8.12. The summed E-state index contributed by atoms with van der Waals surface area (Å²) in [6.07, 6.45) is 2.21. The van der Waals surface area contributed by atoms with Crippen molar-refractivity contribution in [1.82, 2.24) is 25.0 Å². The van der Waals surface area contributed by atoms with Crippen molar-refractivity contribution in [2.24, 2.45) is 0 Å². The van der Waals surface area contributed by atoms with Crippen molar-refractivity contribution in [2.75, 3.05) is 26.2 Å². The fraction of sp³-hybridized carbons (Fsp3) is 0.353. The molecule has 3 heterocycles. The highest BCUT2D eigenvalue weighted by atomic mass is 16.2. The number of rotatable bonds is 2. The maximum Gasteiger partial charge on any atom is 0.278 e. The van der Waals surface area contributed by atoms with Crippen LogP contribution in [0.1, 0.15) is 33.1 Å². The van der Waals surface area contributed by atoms with Crippen molar-refractivity contribution in [1.29, 1.82) is 0 Å². The Balaban J connectivity index is 1.70. The zero-order valence-electron chi connectivity index (χ0n) is 13.9. The Morgan fingerprint density at radius 2 is 1.80 bits per heavy atom. The van der Waals surface area contributed by atoms with Gasteiger partial charge in [0.25, 0.3) is 11.8 Å². The van der Waals surface area contributed by atoms with Gasteiger partial charge in [-0.2, -0.15) is 5.10 Å². The van der Waals surface area contributed by atoms with Gasteiger partial charge in [-0.1, -0.05) is 6.07 Å². The molecule has 0 saturated carbocycles. The third kappa shape index (κ3) is 3.73. The third-order valence-electron chi connectivity index (χ3n) is 4.08. The van der Waals surface area contributed by atoms with Gasteiger partial charge in [-0.05, 0) is 25.5 Å². The van der Waals surface area contributed by atoms with E-state index in [1.807, 2.05) is 0 Å². The second-order valence-electron chi connectivity index (χ2n) is 5.92. The first-order chi connectivity index (χ1) is 12.1. The smallest absolute Gasteiger partial charge is 0.278 e. The highest BCUT2D eigenvalue weighted by Gasteiger charge is 2.25. The summed E-state index contributed by atoms with van der Waals surface area (Å²) in [6.45, 7) is 3.46. The molecule has 2 aromatic rings. The maximum atomic E-state index is 12.6. The second kappa shape index (κ2) is 7.25. The van der Waals surface area contributed by atoms with Gasteiger partial charge in [-0.15, -0.1) is 0 Å². The van der Waals surface area contributed by atoms with Crippen molar-refractivity contribution >= 4 is 11.8 Å². The monoisotopic (exact) mass is 341 g/mol. The normalized spacial score (nSPS) is 14.9. The first kappa shape index (κ1) is 16.8. The Bertz CT molecular complexity index is 834. The molecule has 0 radical (unpaired) electrons. The van der Waals surface area contributed by atoms with Crippen LogP contribution in [0, 0.1) is 6.92 Å². The van der Waals surface area contributed by atoms with Crippen LogP contribution >= 0.6 is 0 Å². The summed E-state index contributed by atoms with van der Waals surface area (Å²) < 4.78 is 0. The molecule has 0 bridgehead atoms. The van der Waals surface area contributed by atoms with Gasteiger partial charge in [0.05, 0.1) is 0 Å². The van der Waals surface area contributed by atoms with Gasteiger partial charge >= 0.3 is 0 Å². The summed E-state index contributed by atoms with van der Waals surface area (Å²) in [7, 11) is 0. The Morgan fingerprint density at radius 3 is 2.44 bits per heavy atom. The molecule has 3 rings (SSSR count). The van der Waals surface area contributed by atoms with Crippen molar-refractivity contribution in [2.45, 2.75) is 13.3 Å². The van der Waals surface area contributed by atoms with Gasteiger partial charge in [0, 0.05) is 44.1 Å². The molecule has 0 unspecified atom stereocenters. The zero-order valence-corrected chi connectivity index (χ0v) is 13.9. The molecule has 1 aliphatic rings. The van der Waals surface area contributed by atoms with Gasteiger partial charge in [0.15, 0.2) is 5.69 Å². The number of pyridine rings is 1. The molecule has 25 heavy (non-hydrogen) atoms. The molecule has 1 aliphatic heterocycles. The minimum atomic E-state index is -0.409. The van der Waals surface area contributed by atoms with Crippen LogP contribution in [0.15, 0.2) is 35.3 Å². The molecule has 0 spiro atoms. The lowest BCUT2D eigenvalue weighted by Gasteiger charge is -2.21. The highest BCUT2D eigenvalue weighted by molar-refractivity contribution is 5.93. The number of hydrogen-bond acceptors (Lipinski definition) is 5. The molecular formula is C17H19N5O3. The van der Waals surface area contributed by atoms with Crippen LogP contribution in [0.3, 0.4) is 0 Å². The predicted octanol–water partition coefficient (Wildman–Crippen LogP) is 0.462. The summed E-state index contributed by atoms with van der Waals surface area (Å²) in [5.41, 5.74) is 0.477. The molecule has 0 aromatic carbocycles. The fourth-order valence-corrected chi connectivity index (χ4v) is 2.77. The average molecular weight is 341 g/mol. The minimum absolute atomic E-state index is 0.116. The first-order valence-corrected chi connectivity index (χ1v) is 8.12. The standard InChI is InChI=1S/C17H19N5O3/c1-12-11-14(23)15(20-19-12)17(25)22-8-4-7-21(9-10-22)16(24)13-5-2-3-6-18-13/h2-3,5-6,11H,4,7-10H2,1H3,(H,19,23). The van der Waals surface area contributed by atoms with Crippen LogP contribution in [0.2, 0.25) is 0 Å². The van der Waals surface area contributed by atoms with E-state index in [2.05, 4.69) is 15.2 Å². The topological polar surface area (TPSA) is 99.3 Å². The number of H-pyrrole nitrogens is 1. The van der Waals surface area contributed by atoms with Crippen LogP contribution in [0.5, 0.6) is 0 Å². The Kier molecular flexibility index (Phi) is 4.87. The molecule has 0 aliphatic carbocycles. The molecule has 1 N–H and O–H groups in total. The van der Waals surface area contributed by atoms with Crippen LogP contribution in [0.25, 0.3) is 0 Å². The van der Waals surface area contributed by atoms with Crippen LogP contribution < -0.4 is 5.43 Å². The van der Waals surface area contributed by atoms with Crippen molar-refractivity contribution < 1.29 is 9.59 Å². The van der Waals surface area contributed by atoms with Crippen molar-refractivity contribution in [3.63, 3.8) is 0 Å². The van der Waals surface area contributed by atoms with Gasteiger partial charge in [-0.25, -0.2) is 0 Å². The third-order valence-corrected chi connectivity index (χ3v) is 4.08. The largest absolute Gasteiger partial charge is 0.335 e. The van der Waals surface area contributed by atoms with E-state index in [1.165, 1.54) is 6.07 Å². The molecule has 8 nitrogen and oxygen atoms in total. The molecule has 2 aromatic heterocycles. The van der Waals surface area contributed by atoms with Gasteiger partial charge in [-0.3, -0.25) is 24.5 Å². The minimum Gasteiger partial charge on any atom is -0.335 e. The zero-order chi connectivity index (χ0) is 17.8. The lowest BCUT2D eigenvalue weighted by atomic mass is 10.3. The van der Waals surface area contributed by atoms with E-state index in [1.54, 1.807) is 41.1 Å². The summed E-state index contributed by atoms with van der Waals surface area (Å²) in [6, 6.07) is 6.55. The Morgan fingerprint density at radius 1 is 1.08 bits per heavy atom. The predicted molar refractivity (Wildman–Crippen MR) is 90.3 cm³/mol. The van der Waals surface area contributed by atoms with Gasteiger partial charge in [0.1, 0.15) is 5.69 Å². The number of hydrogen-bond donors (Lipinski definition) is 1. The molecular weight excluding hydrogens is 322 g/mol. The Hall–Kier alpha value is -3.03. The van der Waals surface area contributed by atoms with E-state index in [0.29, 0.717) is 44.0 Å². The van der Waals surface area contributed by atoms with E-state index in [4.69, 9.17) is 0 Å². The summed E-state index contributed by atoms with van der Waals surface area (Å²) in [4.78, 5) is 44.3. The Labute approximate surface area is 144 Å². The second-order valence-corrected chi connectivity index (χ2v) is 5.92. The fourth-order valence-electron chi connectivity index (χ4n) is 2.77. The highest BCUT2D eigenvalue weighted by Crippen LogP contribution is 2.09. The van der Waals surface area contributed by atoms with Crippen LogP contribution in [-0.2, 0) is 0 Å². The lowest BCUT2D eigenvalue weighted by molar-refractivity contribution is 0.0711. The van der Waals surface area contributed by atoms with E-state index >= 15 is 0 Å². The summed E-state index contributed by atoms with van der Waals surface area (Å²) in [5, 5.41) is 6.52. The molecule has 2 amide bonds. The SMILES string of the molecule is Cc1cc(=O)c(C(=O)N2CCCN(C(=O)c3ccccn3)CC2)n[nH]1. The van der Waals surface area contributed by atoms with Gasteiger partial charge < -0.3 is 9.80 Å². The number of aromatic amines is 1. The molecule has 1 fully saturated rings. The number of aromatic nitrogens is 3. The number of aryl methyl sites for hydroxylation is 1. The van der Waals surface area contributed by atoms with E-state index < -0.39 is 11.3 Å². The van der Waals surface area contributed by atoms with E-state index in [9.17, 15) is 14.4 Å². The number of carbonyl (C=O) groups is 2. The van der Waals surface area contributed by atoms with Crippen molar-refractivity contribution in [3.05, 3.63) is 57.8 Å². The summed E-state index contributed by atoms with van der Waals surface area (Å²) in [5.74, 6) is -0.561. The number of carbonyl (C=O) groups excluding carboxylic acids is 2. The van der Waals surface area contributed by atoms with Gasteiger partial charge in [0.2, 0.25) is 5.43 Å². The summed E-state index contributed by atoms with van der Waals surface area (Å²) >= 11 is 0. The maximum absolute atomic E-state index is 12.6. The van der Waals surface area contributed by atoms with E-state index in [0.717, 1.165) is 0 Å². The average Bonchev–Trinajstić information content (AvgIpc) is 2.87. The molecule has 0 atom stereocenters. The number of nitrogens with zero attached hydrogens (tertiary/aromatic N) is 4. The molecule has 130 valence electrons.